The number of aliphatic carboxylic acids is 1. The molecule has 0 bridgehead atoms. The molecule has 6 heteroatoms. The lowest BCUT2D eigenvalue weighted by molar-refractivity contribution is -0.140. The Morgan fingerprint density at radius 2 is 1.71 bits per heavy atom. The van der Waals surface area contributed by atoms with Crippen LogP contribution in [0.5, 0.6) is 0 Å². The largest absolute Gasteiger partial charge is 0.480 e. The molecule has 1 aliphatic rings. The number of aromatic nitrogens is 1. The van der Waals surface area contributed by atoms with Gasteiger partial charge in [-0.2, -0.15) is 0 Å². The zero-order valence-electron chi connectivity index (χ0n) is 19.2. The van der Waals surface area contributed by atoms with Crippen LogP contribution in [-0.4, -0.2) is 40.4 Å². The molecule has 4 aromatic rings. The molecule has 34 heavy (non-hydrogen) atoms. The molecular weight excluding hydrogens is 444 g/mol. The molecule has 0 saturated heterocycles. The quantitative estimate of drug-likeness (QED) is 0.427. The van der Waals surface area contributed by atoms with E-state index < -0.39 is 12.0 Å². The fraction of sp³-hybridized carbons (Fsp3) is 0.214. The van der Waals surface area contributed by atoms with Gasteiger partial charge in [0.05, 0.1) is 5.03 Å². The van der Waals surface area contributed by atoms with Crippen molar-refractivity contribution in [3.05, 3.63) is 99.8 Å². The van der Waals surface area contributed by atoms with Crippen molar-refractivity contribution in [1.82, 2.24) is 9.47 Å². The first-order chi connectivity index (χ1) is 16.5. The Morgan fingerprint density at radius 3 is 2.44 bits per heavy atom. The Kier molecular flexibility index (Phi) is 6.02. The maximum absolute atomic E-state index is 13.8. The molecule has 172 valence electrons. The van der Waals surface area contributed by atoms with Gasteiger partial charge in [0, 0.05) is 23.4 Å². The molecule has 3 aromatic carbocycles. The van der Waals surface area contributed by atoms with E-state index in [-0.39, 0.29) is 5.56 Å². The summed E-state index contributed by atoms with van der Waals surface area (Å²) >= 11 is 1.46. The Morgan fingerprint density at radius 1 is 1.00 bits per heavy atom. The summed E-state index contributed by atoms with van der Waals surface area (Å²) in [6, 6.07) is 23.7. The second-order valence-electron chi connectivity index (χ2n) is 8.90. The monoisotopic (exact) mass is 470 g/mol. The molecular formula is C28H26N2O3S. The van der Waals surface area contributed by atoms with Crippen LogP contribution in [0, 0.1) is 0 Å². The van der Waals surface area contributed by atoms with Gasteiger partial charge in [0.15, 0.2) is 0 Å². The number of carboxylic acid groups (broad SMARTS) is 1. The van der Waals surface area contributed by atoms with E-state index in [4.69, 9.17) is 0 Å². The average Bonchev–Trinajstić information content (AvgIpc) is 3.28. The first kappa shape index (κ1) is 22.4. The van der Waals surface area contributed by atoms with E-state index >= 15 is 0 Å². The van der Waals surface area contributed by atoms with Gasteiger partial charge in [-0.1, -0.05) is 72.8 Å². The Labute approximate surface area is 202 Å². The lowest BCUT2D eigenvalue weighted by atomic mass is 9.90. The van der Waals surface area contributed by atoms with Gasteiger partial charge in [0.1, 0.15) is 6.04 Å². The number of rotatable bonds is 6. The minimum Gasteiger partial charge on any atom is -0.480 e. The lowest BCUT2D eigenvalue weighted by Gasteiger charge is -2.23. The van der Waals surface area contributed by atoms with Crippen LogP contribution >= 0.6 is 11.8 Å². The highest BCUT2D eigenvalue weighted by molar-refractivity contribution is 7.99. The second kappa shape index (κ2) is 9.12. The van der Waals surface area contributed by atoms with Gasteiger partial charge in [0.2, 0.25) is 0 Å². The van der Waals surface area contributed by atoms with Crippen LogP contribution in [0.1, 0.15) is 22.7 Å². The number of nitrogens with zero attached hydrogens (tertiary/aromatic N) is 2. The molecule has 2 heterocycles. The summed E-state index contributed by atoms with van der Waals surface area (Å²) in [5.41, 5.74) is 4.56. The van der Waals surface area contributed by atoms with E-state index in [2.05, 4.69) is 30.3 Å². The summed E-state index contributed by atoms with van der Waals surface area (Å²) < 4.78 is 1.51. The summed E-state index contributed by atoms with van der Waals surface area (Å²) in [7, 11) is 3.87. The SMILES string of the molecule is CN(C)Cc1c(Cc2cccc3ccccc23)c(-c2ccccc2)c2n(c1=O)[C@H](C(=O)O)CS2. The summed E-state index contributed by atoms with van der Waals surface area (Å²) in [5.74, 6) is -0.617. The van der Waals surface area contributed by atoms with Crippen molar-refractivity contribution < 1.29 is 9.90 Å². The van der Waals surface area contributed by atoms with E-state index in [1.165, 1.54) is 16.3 Å². The van der Waals surface area contributed by atoms with Gasteiger partial charge in [0.25, 0.3) is 5.56 Å². The Hall–Kier alpha value is -3.35. The van der Waals surface area contributed by atoms with E-state index in [1.54, 1.807) is 0 Å². The van der Waals surface area contributed by atoms with Crippen LogP contribution in [0.3, 0.4) is 0 Å². The van der Waals surface area contributed by atoms with Crippen LogP contribution in [0.25, 0.3) is 21.9 Å². The number of fused-ring (bicyclic) bond motifs is 2. The molecule has 0 saturated carbocycles. The van der Waals surface area contributed by atoms with E-state index in [0.29, 0.717) is 24.3 Å². The predicted molar refractivity (Wildman–Crippen MR) is 138 cm³/mol. The normalized spacial score (nSPS) is 15.1. The molecule has 0 aliphatic carbocycles. The smallest absolute Gasteiger partial charge is 0.327 e. The summed E-state index contributed by atoms with van der Waals surface area (Å²) in [4.78, 5) is 27.8. The van der Waals surface area contributed by atoms with Crippen molar-refractivity contribution in [3.8, 4) is 11.1 Å². The molecule has 1 aliphatic heterocycles. The maximum atomic E-state index is 13.8. The Balaban J connectivity index is 1.83. The van der Waals surface area contributed by atoms with E-state index in [1.807, 2.05) is 61.5 Å². The molecule has 5 rings (SSSR count). The van der Waals surface area contributed by atoms with E-state index in [0.717, 1.165) is 38.1 Å². The number of benzene rings is 3. The average molecular weight is 471 g/mol. The van der Waals surface area contributed by atoms with Crippen molar-refractivity contribution in [1.29, 1.82) is 0 Å². The van der Waals surface area contributed by atoms with Crippen molar-refractivity contribution >= 4 is 28.5 Å². The highest BCUT2D eigenvalue weighted by Crippen LogP contribution is 2.43. The predicted octanol–water partition coefficient (Wildman–Crippen LogP) is 5.05. The molecule has 0 radical (unpaired) electrons. The number of carboxylic acids is 1. The lowest BCUT2D eigenvalue weighted by Crippen LogP contribution is -2.34. The third-order valence-electron chi connectivity index (χ3n) is 6.33. The molecule has 1 aromatic heterocycles. The zero-order valence-corrected chi connectivity index (χ0v) is 20.0. The highest BCUT2D eigenvalue weighted by Gasteiger charge is 2.35. The van der Waals surface area contributed by atoms with Crippen LogP contribution in [0.2, 0.25) is 0 Å². The minimum atomic E-state index is -0.968. The van der Waals surface area contributed by atoms with Gasteiger partial charge >= 0.3 is 5.97 Å². The van der Waals surface area contributed by atoms with Crippen molar-refractivity contribution in [2.45, 2.75) is 24.0 Å². The van der Waals surface area contributed by atoms with Crippen molar-refractivity contribution in [2.24, 2.45) is 0 Å². The van der Waals surface area contributed by atoms with Crippen LogP contribution in [0.4, 0.5) is 0 Å². The van der Waals surface area contributed by atoms with Crippen LogP contribution < -0.4 is 5.56 Å². The van der Waals surface area contributed by atoms with Gasteiger partial charge in [-0.15, -0.1) is 11.8 Å². The van der Waals surface area contributed by atoms with Gasteiger partial charge in [-0.05, 0) is 48.0 Å². The third kappa shape index (κ3) is 3.93. The number of thioether (sulfide) groups is 1. The number of carbonyl (C=O) groups is 1. The fourth-order valence-corrected chi connectivity index (χ4v) is 6.16. The highest BCUT2D eigenvalue weighted by atomic mass is 32.2. The maximum Gasteiger partial charge on any atom is 0.327 e. The summed E-state index contributed by atoms with van der Waals surface area (Å²) in [6.07, 6.45) is 0.593. The molecule has 0 spiro atoms. The molecule has 5 nitrogen and oxygen atoms in total. The molecule has 1 atom stereocenters. The van der Waals surface area contributed by atoms with Gasteiger partial charge in [-0.3, -0.25) is 9.36 Å². The van der Waals surface area contributed by atoms with Gasteiger partial charge < -0.3 is 10.0 Å². The number of hydrogen-bond donors (Lipinski definition) is 1. The van der Waals surface area contributed by atoms with Crippen LogP contribution in [-0.2, 0) is 17.8 Å². The Bertz CT molecular complexity index is 1440. The minimum absolute atomic E-state index is 0.198. The first-order valence-electron chi connectivity index (χ1n) is 11.3. The molecule has 0 amide bonds. The fourth-order valence-electron chi connectivity index (χ4n) is 4.82. The zero-order chi connectivity index (χ0) is 23.8. The summed E-state index contributed by atoms with van der Waals surface area (Å²) in [6.45, 7) is 0.441. The first-order valence-corrected chi connectivity index (χ1v) is 12.3. The topological polar surface area (TPSA) is 62.5 Å². The van der Waals surface area contributed by atoms with Crippen LogP contribution in [0.15, 0.2) is 82.6 Å². The van der Waals surface area contributed by atoms with Gasteiger partial charge in [-0.25, -0.2) is 4.79 Å². The summed E-state index contributed by atoms with van der Waals surface area (Å²) in [5, 5.41) is 12.9. The molecule has 1 N–H and O–H groups in total. The third-order valence-corrected chi connectivity index (χ3v) is 7.49. The molecule has 0 unspecified atom stereocenters. The molecule has 0 fully saturated rings. The van der Waals surface area contributed by atoms with Crippen molar-refractivity contribution in [3.63, 3.8) is 0 Å². The van der Waals surface area contributed by atoms with E-state index in [9.17, 15) is 14.7 Å². The standard InChI is InChI=1S/C28H26N2O3S/c1-29(2)16-23-22(15-20-13-8-12-18-9-6-7-14-21(18)20)25(19-10-4-3-5-11-19)27-30(26(23)31)24(17-34-27)28(32)33/h3-14,24H,15-17H2,1-2H3,(H,32,33)/t24-/m0/s1. The number of hydrogen-bond acceptors (Lipinski definition) is 4. The number of pyridine rings is 1. The van der Waals surface area contributed by atoms with Crippen molar-refractivity contribution in [2.75, 3.05) is 19.8 Å². The second-order valence-corrected chi connectivity index (χ2v) is 9.91.